The van der Waals surface area contributed by atoms with E-state index < -0.39 is 0 Å². The lowest BCUT2D eigenvalue weighted by Gasteiger charge is -2.13. The van der Waals surface area contributed by atoms with Gasteiger partial charge in [-0.3, -0.25) is 14.7 Å². The van der Waals surface area contributed by atoms with Crippen LogP contribution in [0.4, 0.5) is 5.13 Å². The molecule has 2 aromatic heterocycles. The number of anilines is 1. The van der Waals surface area contributed by atoms with Crippen LogP contribution in [0, 0.1) is 13.8 Å². The fourth-order valence-corrected chi connectivity index (χ4v) is 4.38. The second kappa shape index (κ2) is 9.32. The predicted octanol–water partition coefficient (Wildman–Crippen LogP) is 4.75. The minimum absolute atomic E-state index is 0.148. The molecule has 0 saturated heterocycles. The fourth-order valence-electron chi connectivity index (χ4n) is 2.98. The first-order valence-corrected chi connectivity index (χ1v) is 11.4. The lowest BCUT2D eigenvalue weighted by molar-refractivity contribution is -0.113. The molecular formula is C22H21N5O2S2. The SMILES string of the molecule is COc1ccc(-c2cnc(SCC(=O)Nc3nnc(C)s3)n2-c2ccc(C)cc2)cc1. The molecule has 0 aliphatic carbocycles. The van der Waals surface area contributed by atoms with E-state index in [9.17, 15) is 4.79 Å². The first-order valence-electron chi connectivity index (χ1n) is 9.55. The molecule has 2 heterocycles. The normalized spacial score (nSPS) is 10.8. The van der Waals surface area contributed by atoms with Gasteiger partial charge in [0.15, 0.2) is 5.16 Å². The number of carbonyl (C=O) groups is 1. The van der Waals surface area contributed by atoms with Gasteiger partial charge in [0.05, 0.1) is 24.8 Å². The summed E-state index contributed by atoms with van der Waals surface area (Å²) < 4.78 is 7.34. The van der Waals surface area contributed by atoms with Crippen molar-refractivity contribution in [1.82, 2.24) is 19.7 Å². The average molecular weight is 452 g/mol. The van der Waals surface area contributed by atoms with E-state index in [-0.39, 0.29) is 11.7 Å². The molecule has 0 radical (unpaired) electrons. The molecule has 0 bridgehead atoms. The van der Waals surface area contributed by atoms with Crippen molar-refractivity contribution >= 4 is 34.1 Å². The molecule has 7 nitrogen and oxygen atoms in total. The zero-order valence-electron chi connectivity index (χ0n) is 17.3. The molecular weight excluding hydrogens is 430 g/mol. The van der Waals surface area contributed by atoms with E-state index in [0.717, 1.165) is 32.9 Å². The predicted molar refractivity (Wildman–Crippen MR) is 124 cm³/mol. The standard InChI is InChI=1S/C22H21N5O2S2/c1-14-4-8-17(9-5-14)27-19(16-6-10-18(29-3)11-7-16)12-23-22(27)30-13-20(28)24-21-26-25-15(2)31-21/h4-12H,13H2,1-3H3,(H,24,26,28). The Hall–Kier alpha value is -3.17. The number of aryl methyl sites for hydroxylation is 2. The van der Waals surface area contributed by atoms with Crippen molar-refractivity contribution in [3.8, 4) is 22.7 Å². The van der Waals surface area contributed by atoms with Crippen LogP contribution in [0.25, 0.3) is 16.9 Å². The van der Waals surface area contributed by atoms with E-state index in [4.69, 9.17) is 4.74 Å². The van der Waals surface area contributed by atoms with E-state index in [1.54, 1.807) is 7.11 Å². The van der Waals surface area contributed by atoms with Crippen molar-refractivity contribution in [2.45, 2.75) is 19.0 Å². The molecule has 4 aromatic rings. The number of amides is 1. The summed E-state index contributed by atoms with van der Waals surface area (Å²) in [4.78, 5) is 17.0. The van der Waals surface area contributed by atoms with Crippen LogP contribution in [-0.4, -0.2) is 38.5 Å². The molecule has 0 unspecified atom stereocenters. The first-order chi connectivity index (χ1) is 15.0. The molecule has 4 rings (SSSR count). The molecule has 0 aliphatic rings. The molecule has 0 spiro atoms. The maximum absolute atomic E-state index is 12.4. The fraction of sp³-hybridized carbons (Fsp3) is 0.182. The van der Waals surface area contributed by atoms with Crippen molar-refractivity contribution in [3.05, 3.63) is 65.3 Å². The minimum Gasteiger partial charge on any atom is -0.497 e. The zero-order valence-corrected chi connectivity index (χ0v) is 19.0. The van der Waals surface area contributed by atoms with Gasteiger partial charge in [0, 0.05) is 11.3 Å². The summed E-state index contributed by atoms with van der Waals surface area (Å²) in [6.07, 6.45) is 1.83. The topological polar surface area (TPSA) is 81.9 Å². The largest absolute Gasteiger partial charge is 0.497 e. The highest BCUT2D eigenvalue weighted by molar-refractivity contribution is 7.99. The second-order valence-corrected chi connectivity index (χ2v) is 8.91. The van der Waals surface area contributed by atoms with Crippen LogP contribution in [0.3, 0.4) is 0 Å². The Morgan fingerprint density at radius 2 is 1.84 bits per heavy atom. The van der Waals surface area contributed by atoms with E-state index in [0.29, 0.717) is 5.13 Å². The number of ether oxygens (including phenoxy) is 1. The number of carbonyl (C=O) groups excluding carboxylic acids is 1. The molecule has 1 N–H and O–H groups in total. The second-order valence-electron chi connectivity index (χ2n) is 6.79. The molecule has 0 aliphatic heterocycles. The molecule has 2 aromatic carbocycles. The highest BCUT2D eigenvalue weighted by Crippen LogP contribution is 2.31. The van der Waals surface area contributed by atoms with Crippen molar-refractivity contribution in [1.29, 1.82) is 0 Å². The third-order valence-electron chi connectivity index (χ3n) is 4.51. The molecule has 0 atom stereocenters. The summed E-state index contributed by atoms with van der Waals surface area (Å²) >= 11 is 2.72. The van der Waals surface area contributed by atoms with Crippen LogP contribution in [0.5, 0.6) is 5.75 Å². The number of methoxy groups -OCH3 is 1. The molecule has 1 amide bonds. The quantitative estimate of drug-likeness (QED) is 0.409. The minimum atomic E-state index is -0.148. The van der Waals surface area contributed by atoms with Gasteiger partial charge in [0.25, 0.3) is 0 Å². The average Bonchev–Trinajstić information content (AvgIpc) is 3.39. The van der Waals surface area contributed by atoms with E-state index in [1.807, 2.05) is 37.4 Å². The monoisotopic (exact) mass is 451 g/mol. The molecule has 31 heavy (non-hydrogen) atoms. The summed E-state index contributed by atoms with van der Waals surface area (Å²) in [5.74, 6) is 0.859. The van der Waals surface area contributed by atoms with Crippen LogP contribution in [-0.2, 0) is 4.79 Å². The lowest BCUT2D eigenvalue weighted by atomic mass is 10.1. The van der Waals surface area contributed by atoms with Gasteiger partial charge in [-0.15, -0.1) is 10.2 Å². The van der Waals surface area contributed by atoms with Gasteiger partial charge in [-0.2, -0.15) is 0 Å². The smallest absolute Gasteiger partial charge is 0.236 e. The van der Waals surface area contributed by atoms with Gasteiger partial charge in [0.2, 0.25) is 11.0 Å². The number of benzene rings is 2. The Labute approximate surface area is 188 Å². The van der Waals surface area contributed by atoms with Crippen LogP contribution in [0.15, 0.2) is 59.9 Å². The van der Waals surface area contributed by atoms with Crippen molar-refractivity contribution in [2.24, 2.45) is 0 Å². The number of hydrogen-bond donors (Lipinski definition) is 1. The van der Waals surface area contributed by atoms with E-state index >= 15 is 0 Å². The number of rotatable bonds is 7. The van der Waals surface area contributed by atoms with Crippen molar-refractivity contribution in [2.75, 3.05) is 18.2 Å². The maximum Gasteiger partial charge on any atom is 0.236 e. The number of imidazole rings is 1. The van der Waals surface area contributed by atoms with Crippen LogP contribution >= 0.6 is 23.1 Å². The summed E-state index contributed by atoms with van der Waals surface area (Å²) in [5.41, 5.74) is 4.11. The van der Waals surface area contributed by atoms with Crippen molar-refractivity contribution in [3.63, 3.8) is 0 Å². The number of nitrogens with one attached hydrogen (secondary N) is 1. The van der Waals surface area contributed by atoms with Crippen LogP contribution in [0.1, 0.15) is 10.6 Å². The van der Waals surface area contributed by atoms with Gasteiger partial charge >= 0.3 is 0 Å². The van der Waals surface area contributed by atoms with Gasteiger partial charge in [-0.1, -0.05) is 40.8 Å². The molecule has 9 heteroatoms. The van der Waals surface area contributed by atoms with E-state index in [2.05, 4.69) is 56.3 Å². The molecule has 0 fully saturated rings. The third-order valence-corrected chi connectivity index (χ3v) is 6.22. The van der Waals surface area contributed by atoms with Crippen LogP contribution in [0.2, 0.25) is 0 Å². The Kier molecular flexibility index (Phi) is 6.34. The van der Waals surface area contributed by atoms with Gasteiger partial charge in [0.1, 0.15) is 10.8 Å². The van der Waals surface area contributed by atoms with Crippen molar-refractivity contribution < 1.29 is 9.53 Å². The Morgan fingerprint density at radius 1 is 1.10 bits per heavy atom. The Bertz CT molecular complexity index is 1180. The van der Waals surface area contributed by atoms with Gasteiger partial charge in [-0.05, 0) is 50.2 Å². The maximum atomic E-state index is 12.4. The van der Waals surface area contributed by atoms with Gasteiger partial charge < -0.3 is 4.74 Å². The number of hydrogen-bond acceptors (Lipinski definition) is 7. The zero-order chi connectivity index (χ0) is 21.8. The third kappa shape index (κ3) is 4.95. The molecule has 158 valence electrons. The lowest BCUT2D eigenvalue weighted by Crippen LogP contribution is -2.14. The highest BCUT2D eigenvalue weighted by Gasteiger charge is 2.16. The number of aromatic nitrogens is 4. The molecule has 0 saturated carbocycles. The van der Waals surface area contributed by atoms with E-state index in [1.165, 1.54) is 28.7 Å². The summed E-state index contributed by atoms with van der Waals surface area (Å²) in [6, 6.07) is 16.1. The highest BCUT2D eigenvalue weighted by atomic mass is 32.2. The summed E-state index contributed by atoms with van der Waals surface area (Å²) in [6.45, 7) is 3.90. The first kappa shape index (κ1) is 21.1. The Balaban J connectivity index is 1.61. The van der Waals surface area contributed by atoms with Crippen LogP contribution < -0.4 is 10.1 Å². The number of nitrogens with zero attached hydrogens (tertiary/aromatic N) is 4. The Morgan fingerprint density at radius 3 is 2.48 bits per heavy atom. The summed E-state index contributed by atoms with van der Waals surface area (Å²) in [5, 5.41) is 12.7. The van der Waals surface area contributed by atoms with Gasteiger partial charge in [-0.25, -0.2) is 4.98 Å². The number of thioether (sulfide) groups is 1. The summed E-state index contributed by atoms with van der Waals surface area (Å²) in [7, 11) is 1.65.